The third-order valence-electron chi connectivity index (χ3n) is 2.93. The van der Waals surface area contributed by atoms with Crippen molar-refractivity contribution in [2.45, 2.75) is 6.10 Å². The molecule has 3 heteroatoms. The standard InChI is InChI=1S/C9H18N2O/c1-11(2)5-7-6-12-9-4-10-3-8(7)9/h7-10H,3-6H2,1-2H3/t7?,8-,9-/m1/s1. The maximum Gasteiger partial charge on any atom is 0.0743 e. The maximum atomic E-state index is 5.70. The minimum atomic E-state index is 0.509. The molecule has 0 aromatic rings. The fourth-order valence-electron chi connectivity index (χ4n) is 2.36. The highest BCUT2D eigenvalue weighted by Gasteiger charge is 2.40. The second-order valence-corrected chi connectivity index (χ2v) is 4.22. The Balaban J connectivity index is 1.91. The van der Waals surface area contributed by atoms with Crippen LogP contribution in [0.15, 0.2) is 0 Å². The number of nitrogens with zero attached hydrogens (tertiary/aromatic N) is 1. The molecule has 0 aromatic carbocycles. The largest absolute Gasteiger partial charge is 0.376 e. The van der Waals surface area contributed by atoms with Gasteiger partial charge in [-0.3, -0.25) is 0 Å². The summed E-state index contributed by atoms with van der Waals surface area (Å²) in [5.74, 6) is 1.52. The van der Waals surface area contributed by atoms with Crippen molar-refractivity contribution >= 4 is 0 Å². The van der Waals surface area contributed by atoms with Crippen molar-refractivity contribution in [2.24, 2.45) is 11.8 Å². The van der Waals surface area contributed by atoms with E-state index in [0.717, 1.165) is 31.5 Å². The first-order valence-electron chi connectivity index (χ1n) is 4.74. The van der Waals surface area contributed by atoms with Crippen molar-refractivity contribution in [1.82, 2.24) is 10.2 Å². The molecule has 2 rings (SSSR count). The summed E-state index contributed by atoms with van der Waals surface area (Å²) in [6.45, 7) is 4.36. The monoisotopic (exact) mass is 170 g/mol. The van der Waals surface area contributed by atoms with E-state index >= 15 is 0 Å². The fourth-order valence-corrected chi connectivity index (χ4v) is 2.36. The van der Waals surface area contributed by atoms with Gasteiger partial charge in [0.15, 0.2) is 0 Å². The van der Waals surface area contributed by atoms with E-state index in [1.165, 1.54) is 6.54 Å². The van der Waals surface area contributed by atoms with Gasteiger partial charge in [0.2, 0.25) is 0 Å². The molecule has 1 unspecified atom stereocenters. The van der Waals surface area contributed by atoms with Gasteiger partial charge in [0.1, 0.15) is 0 Å². The molecule has 0 amide bonds. The summed E-state index contributed by atoms with van der Waals surface area (Å²) >= 11 is 0. The summed E-state index contributed by atoms with van der Waals surface area (Å²) in [5, 5.41) is 3.38. The highest BCUT2D eigenvalue weighted by Crippen LogP contribution is 2.29. The molecule has 0 aliphatic carbocycles. The summed E-state index contributed by atoms with van der Waals surface area (Å²) < 4.78 is 5.70. The molecule has 2 fully saturated rings. The Morgan fingerprint density at radius 3 is 3.00 bits per heavy atom. The lowest BCUT2D eigenvalue weighted by atomic mass is 9.93. The fraction of sp³-hybridized carbons (Fsp3) is 1.00. The van der Waals surface area contributed by atoms with Crippen LogP contribution in [0.5, 0.6) is 0 Å². The average molecular weight is 170 g/mol. The van der Waals surface area contributed by atoms with Crippen LogP contribution in [0, 0.1) is 11.8 Å². The van der Waals surface area contributed by atoms with E-state index in [9.17, 15) is 0 Å². The molecule has 2 heterocycles. The van der Waals surface area contributed by atoms with Crippen LogP contribution in [0.3, 0.4) is 0 Å². The summed E-state index contributed by atoms with van der Waals surface area (Å²) in [6.07, 6.45) is 0.509. The molecule has 2 saturated heterocycles. The lowest BCUT2D eigenvalue weighted by Gasteiger charge is -2.19. The van der Waals surface area contributed by atoms with E-state index in [2.05, 4.69) is 24.3 Å². The first kappa shape index (κ1) is 8.48. The smallest absolute Gasteiger partial charge is 0.0743 e. The zero-order valence-corrected chi connectivity index (χ0v) is 7.92. The molecule has 0 saturated carbocycles. The van der Waals surface area contributed by atoms with Crippen LogP contribution in [0.1, 0.15) is 0 Å². The highest BCUT2D eigenvalue weighted by atomic mass is 16.5. The predicted octanol–water partition coefficient (Wildman–Crippen LogP) is -0.218. The van der Waals surface area contributed by atoms with Crippen LogP contribution in [0.4, 0.5) is 0 Å². The molecule has 0 spiro atoms. The molecule has 12 heavy (non-hydrogen) atoms. The van der Waals surface area contributed by atoms with Crippen LogP contribution >= 0.6 is 0 Å². The summed E-state index contributed by atoms with van der Waals surface area (Å²) in [4.78, 5) is 2.26. The van der Waals surface area contributed by atoms with E-state index in [0.29, 0.717) is 6.10 Å². The molecule has 0 aromatic heterocycles. The van der Waals surface area contributed by atoms with E-state index in [-0.39, 0.29) is 0 Å². The third kappa shape index (κ3) is 1.49. The van der Waals surface area contributed by atoms with Gasteiger partial charge in [0.05, 0.1) is 12.7 Å². The minimum absolute atomic E-state index is 0.509. The molecule has 2 aliphatic heterocycles. The van der Waals surface area contributed by atoms with Gasteiger partial charge in [-0.2, -0.15) is 0 Å². The molecule has 70 valence electrons. The SMILES string of the molecule is CN(C)CC1CO[C@@H]2CNC[C@H]12. The topological polar surface area (TPSA) is 24.5 Å². The highest BCUT2D eigenvalue weighted by molar-refractivity contribution is 4.92. The van der Waals surface area contributed by atoms with E-state index in [1.807, 2.05) is 0 Å². The van der Waals surface area contributed by atoms with E-state index < -0.39 is 0 Å². The lowest BCUT2D eigenvalue weighted by Crippen LogP contribution is -2.29. The second-order valence-electron chi connectivity index (χ2n) is 4.22. The van der Waals surface area contributed by atoms with Crippen molar-refractivity contribution in [2.75, 3.05) is 40.3 Å². The van der Waals surface area contributed by atoms with Crippen LogP contribution < -0.4 is 5.32 Å². The maximum absolute atomic E-state index is 5.70. The third-order valence-corrected chi connectivity index (χ3v) is 2.93. The van der Waals surface area contributed by atoms with Crippen LogP contribution in [0.25, 0.3) is 0 Å². The number of hydrogen-bond acceptors (Lipinski definition) is 3. The van der Waals surface area contributed by atoms with Crippen LogP contribution in [0.2, 0.25) is 0 Å². The molecule has 3 atom stereocenters. The van der Waals surface area contributed by atoms with Crippen LogP contribution in [-0.4, -0.2) is 51.3 Å². The molecular formula is C9H18N2O. The van der Waals surface area contributed by atoms with Crippen molar-refractivity contribution in [3.05, 3.63) is 0 Å². The summed E-state index contributed by atoms with van der Waals surface area (Å²) in [7, 11) is 4.27. The van der Waals surface area contributed by atoms with E-state index in [1.54, 1.807) is 0 Å². The Hall–Kier alpha value is -0.120. The van der Waals surface area contributed by atoms with Gasteiger partial charge in [-0.1, -0.05) is 0 Å². The summed E-state index contributed by atoms with van der Waals surface area (Å²) in [5.41, 5.74) is 0. The molecule has 1 N–H and O–H groups in total. The number of ether oxygens (including phenoxy) is 1. The lowest BCUT2D eigenvalue weighted by molar-refractivity contribution is 0.108. The molecular weight excluding hydrogens is 152 g/mol. The van der Waals surface area contributed by atoms with Gasteiger partial charge >= 0.3 is 0 Å². The quantitative estimate of drug-likeness (QED) is 0.620. The van der Waals surface area contributed by atoms with Crippen molar-refractivity contribution in [3.63, 3.8) is 0 Å². The van der Waals surface area contributed by atoms with Gasteiger partial charge in [0.25, 0.3) is 0 Å². The zero-order valence-electron chi connectivity index (χ0n) is 7.92. The zero-order chi connectivity index (χ0) is 8.55. The Bertz CT molecular complexity index is 161. The molecule has 2 aliphatic rings. The predicted molar refractivity (Wildman–Crippen MR) is 48.1 cm³/mol. The first-order chi connectivity index (χ1) is 5.77. The molecule has 0 radical (unpaired) electrons. The Labute approximate surface area is 74.1 Å². The first-order valence-corrected chi connectivity index (χ1v) is 4.74. The normalized spacial score (nSPS) is 40.8. The average Bonchev–Trinajstić information content (AvgIpc) is 2.52. The van der Waals surface area contributed by atoms with Crippen molar-refractivity contribution in [3.8, 4) is 0 Å². The minimum Gasteiger partial charge on any atom is -0.376 e. The Kier molecular flexibility index (Phi) is 2.35. The molecule has 0 bridgehead atoms. The van der Waals surface area contributed by atoms with Gasteiger partial charge in [-0.25, -0.2) is 0 Å². The van der Waals surface area contributed by atoms with Gasteiger partial charge in [-0.05, 0) is 14.1 Å². The Morgan fingerprint density at radius 2 is 2.25 bits per heavy atom. The van der Waals surface area contributed by atoms with Crippen LogP contribution in [-0.2, 0) is 4.74 Å². The summed E-state index contributed by atoms with van der Waals surface area (Å²) in [6, 6.07) is 0. The van der Waals surface area contributed by atoms with E-state index in [4.69, 9.17) is 4.74 Å². The number of nitrogens with one attached hydrogen (secondary N) is 1. The number of fused-ring (bicyclic) bond motifs is 1. The van der Waals surface area contributed by atoms with Crippen molar-refractivity contribution in [1.29, 1.82) is 0 Å². The van der Waals surface area contributed by atoms with Gasteiger partial charge < -0.3 is 15.0 Å². The Morgan fingerprint density at radius 1 is 1.42 bits per heavy atom. The number of hydrogen-bond donors (Lipinski definition) is 1. The molecule has 3 nitrogen and oxygen atoms in total. The van der Waals surface area contributed by atoms with Gasteiger partial charge in [-0.15, -0.1) is 0 Å². The number of rotatable bonds is 2. The van der Waals surface area contributed by atoms with Crippen molar-refractivity contribution < 1.29 is 4.74 Å². The van der Waals surface area contributed by atoms with Gasteiger partial charge in [0, 0.05) is 31.5 Å². The second kappa shape index (κ2) is 3.32.